The molecule has 5 nitrogen and oxygen atoms in total. The molecule has 2 rings (SSSR count). The quantitative estimate of drug-likeness (QED) is 0.687. The van der Waals surface area contributed by atoms with Crippen LogP contribution in [-0.4, -0.2) is 11.5 Å². The van der Waals surface area contributed by atoms with Crippen molar-refractivity contribution < 1.29 is 4.74 Å². The summed E-state index contributed by atoms with van der Waals surface area (Å²) in [5.41, 5.74) is -4.46. The van der Waals surface area contributed by atoms with Gasteiger partial charge >= 0.3 is 0 Å². The summed E-state index contributed by atoms with van der Waals surface area (Å²) in [6.45, 7) is 5.43. The molecule has 2 aliphatic rings. The van der Waals surface area contributed by atoms with Crippen LogP contribution in [0.2, 0.25) is 0 Å². The van der Waals surface area contributed by atoms with Gasteiger partial charge in [0.1, 0.15) is 5.60 Å². The molecule has 1 aliphatic heterocycles. The molecule has 1 saturated carbocycles. The van der Waals surface area contributed by atoms with E-state index in [4.69, 9.17) is 4.74 Å². The van der Waals surface area contributed by atoms with Crippen LogP contribution in [0.4, 0.5) is 0 Å². The van der Waals surface area contributed by atoms with Crippen LogP contribution in [0.25, 0.3) is 0 Å². The maximum absolute atomic E-state index is 9.66. The lowest BCUT2D eigenvalue weighted by atomic mass is 9.58. The average Bonchev–Trinajstić information content (AvgIpc) is 2.62. The fourth-order valence-electron chi connectivity index (χ4n) is 3.66. The summed E-state index contributed by atoms with van der Waals surface area (Å²) < 4.78 is 9.49. The van der Waals surface area contributed by atoms with Gasteiger partial charge in [-0.25, -0.2) is 0 Å². The summed E-state index contributed by atoms with van der Waals surface area (Å²) in [7, 11) is 0. The Morgan fingerprint density at radius 1 is 1.17 bits per heavy atom. The highest BCUT2D eigenvalue weighted by molar-refractivity contribution is 9.08. The van der Waals surface area contributed by atoms with E-state index in [1.165, 1.54) is 0 Å². The molecule has 0 radical (unpaired) electrons. The van der Waals surface area contributed by atoms with Gasteiger partial charge in [-0.1, -0.05) is 13.8 Å². The topological polar surface area (TPSA) is 93.0 Å². The number of ether oxygens (including phenoxy) is 1. The predicted octanol–water partition coefficient (Wildman–Crippen LogP) is 2.46. The minimum Gasteiger partial charge on any atom is -0.470 e. The van der Waals surface area contributed by atoms with Crippen molar-refractivity contribution in [2.45, 2.75) is 32.8 Å². The smallest absolute Gasteiger partial charge is 0.220 e. The van der Waals surface area contributed by atoms with Gasteiger partial charge in [0.15, 0.2) is 5.41 Å². The number of hydrogen-bond acceptors (Lipinski definition) is 5. The number of halogens is 1. The third kappa shape index (κ3) is 0.910. The first-order valence-electron chi connectivity index (χ1n) is 5.43. The first kappa shape index (κ1) is 12.9. The van der Waals surface area contributed by atoms with Gasteiger partial charge in [-0.3, -0.25) is 0 Å². The Bertz CT molecular complexity index is 562. The Balaban J connectivity index is 2.93. The standard InChI is InChI=1S/C12H11BrN4O/c1-9(2)4-10(3)11(5-14,6-15)12(9,7-16)8(17-13)18-10/h4H2,1-3H3/b17-8+. The molecule has 92 valence electrons. The third-order valence-corrected chi connectivity index (χ3v) is 4.69. The highest BCUT2D eigenvalue weighted by Crippen LogP contribution is 2.72. The van der Waals surface area contributed by atoms with Crippen molar-refractivity contribution in [2.75, 3.05) is 0 Å². The average molecular weight is 307 g/mol. The van der Waals surface area contributed by atoms with Crippen LogP contribution in [0.15, 0.2) is 4.02 Å². The van der Waals surface area contributed by atoms with Crippen LogP contribution >= 0.6 is 16.1 Å². The molecule has 18 heavy (non-hydrogen) atoms. The Labute approximate surface area is 114 Å². The van der Waals surface area contributed by atoms with Crippen LogP contribution in [-0.2, 0) is 4.74 Å². The molecule has 1 heterocycles. The molecule has 6 heteroatoms. The summed E-state index contributed by atoms with van der Waals surface area (Å²) in [5, 5.41) is 28.7. The van der Waals surface area contributed by atoms with Gasteiger partial charge in [0.25, 0.3) is 0 Å². The normalized spacial score (nSPS) is 40.6. The monoisotopic (exact) mass is 306 g/mol. The molecular weight excluding hydrogens is 296 g/mol. The summed E-state index contributed by atoms with van der Waals surface area (Å²) in [6, 6.07) is 6.21. The molecule has 1 aliphatic carbocycles. The van der Waals surface area contributed by atoms with Gasteiger partial charge in [-0.15, -0.1) is 0 Å². The molecule has 2 atom stereocenters. The highest BCUT2D eigenvalue weighted by Gasteiger charge is 2.85. The van der Waals surface area contributed by atoms with Crippen molar-refractivity contribution >= 4 is 22.0 Å². The second kappa shape index (κ2) is 3.25. The summed E-state index contributed by atoms with van der Waals surface area (Å²) >= 11 is 2.93. The zero-order valence-electron chi connectivity index (χ0n) is 10.3. The minimum atomic E-state index is -1.54. The van der Waals surface area contributed by atoms with Crippen LogP contribution in [0.3, 0.4) is 0 Å². The zero-order valence-corrected chi connectivity index (χ0v) is 11.9. The van der Waals surface area contributed by atoms with Gasteiger partial charge in [-0.05, 0) is 18.8 Å². The number of nitrogens with zero attached hydrogens (tertiary/aromatic N) is 4. The molecule has 2 bridgehead atoms. The van der Waals surface area contributed by atoms with Crippen molar-refractivity contribution in [2.24, 2.45) is 20.3 Å². The van der Waals surface area contributed by atoms with Crippen molar-refractivity contribution in [1.82, 2.24) is 0 Å². The Morgan fingerprint density at radius 3 is 2.11 bits per heavy atom. The van der Waals surface area contributed by atoms with Crippen molar-refractivity contribution in [1.29, 1.82) is 15.8 Å². The minimum absolute atomic E-state index is 0.131. The lowest BCUT2D eigenvalue weighted by molar-refractivity contribution is 0.0391. The lowest BCUT2D eigenvalue weighted by Crippen LogP contribution is -2.47. The highest BCUT2D eigenvalue weighted by atomic mass is 79.9. The number of rotatable bonds is 0. The number of nitriles is 3. The maximum atomic E-state index is 9.66. The van der Waals surface area contributed by atoms with E-state index >= 15 is 0 Å². The van der Waals surface area contributed by atoms with Crippen LogP contribution < -0.4 is 0 Å². The van der Waals surface area contributed by atoms with E-state index in [2.05, 4.69) is 26.2 Å². The fraction of sp³-hybridized carbons (Fsp3) is 0.667. The van der Waals surface area contributed by atoms with Gasteiger partial charge in [0.05, 0.1) is 34.4 Å². The van der Waals surface area contributed by atoms with Crippen molar-refractivity contribution in [3.8, 4) is 18.2 Å². The molecule has 0 amide bonds. The third-order valence-electron chi connectivity index (χ3n) is 4.37. The molecule has 0 aromatic rings. The van der Waals surface area contributed by atoms with E-state index in [1.54, 1.807) is 6.92 Å². The van der Waals surface area contributed by atoms with Crippen molar-refractivity contribution in [3.05, 3.63) is 0 Å². The predicted molar refractivity (Wildman–Crippen MR) is 66.0 cm³/mol. The first-order valence-corrected chi connectivity index (χ1v) is 6.14. The molecule has 0 N–H and O–H groups in total. The molecule has 2 unspecified atom stereocenters. The van der Waals surface area contributed by atoms with Crippen LogP contribution in [0.1, 0.15) is 27.2 Å². The first-order chi connectivity index (χ1) is 8.30. The van der Waals surface area contributed by atoms with Gasteiger partial charge in [0.2, 0.25) is 11.3 Å². The van der Waals surface area contributed by atoms with E-state index < -0.39 is 21.8 Å². The second-order valence-corrected chi connectivity index (χ2v) is 5.97. The van der Waals surface area contributed by atoms with Crippen LogP contribution in [0.5, 0.6) is 0 Å². The van der Waals surface area contributed by atoms with Gasteiger partial charge in [-0.2, -0.15) is 19.8 Å². The Kier molecular flexibility index (Phi) is 2.32. The molecule has 0 spiro atoms. The second-order valence-electron chi connectivity index (χ2n) is 5.62. The largest absolute Gasteiger partial charge is 0.470 e. The SMILES string of the molecule is CC1(C)CC2(C)O/C(=N/Br)C1(C#N)C2(C#N)C#N. The van der Waals surface area contributed by atoms with E-state index in [0.29, 0.717) is 6.42 Å². The van der Waals surface area contributed by atoms with Crippen LogP contribution in [0, 0.1) is 50.2 Å². The molecule has 1 saturated heterocycles. The van der Waals surface area contributed by atoms with E-state index in [-0.39, 0.29) is 5.90 Å². The number of fused-ring (bicyclic) bond motifs is 2. The number of hydrogen-bond donors (Lipinski definition) is 0. The van der Waals surface area contributed by atoms with E-state index in [1.807, 2.05) is 26.0 Å². The summed E-state index contributed by atoms with van der Waals surface area (Å²) in [5.74, 6) is 0.131. The fourth-order valence-corrected chi connectivity index (χ4v) is 4.00. The molecule has 2 fully saturated rings. The van der Waals surface area contributed by atoms with Crippen molar-refractivity contribution in [3.63, 3.8) is 0 Å². The van der Waals surface area contributed by atoms with E-state index in [0.717, 1.165) is 0 Å². The Morgan fingerprint density at radius 2 is 1.72 bits per heavy atom. The summed E-state index contributed by atoms with van der Waals surface area (Å²) in [4.78, 5) is 0. The maximum Gasteiger partial charge on any atom is 0.220 e. The molecule has 0 aromatic heterocycles. The molecule has 0 aromatic carbocycles. The molecular formula is C12H11BrN4O. The van der Waals surface area contributed by atoms with Gasteiger partial charge < -0.3 is 4.74 Å². The lowest BCUT2D eigenvalue weighted by Gasteiger charge is -2.37. The zero-order chi connectivity index (χ0) is 13.8. The van der Waals surface area contributed by atoms with Gasteiger partial charge in [0, 0.05) is 0 Å². The Hall–Kier alpha value is -1.58. The summed E-state index contributed by atoms with van der Waals surface area (Å²) in [6.07, 6.45) is 0.459. The van der Waals surface area contributed by atoms with E-state index in [9.17, 15) is 15.8 Å².